The summed E-state index contributed by atoms with van der Waals surface area (Å²) < 4.78 is 1.86. The normalized spacial score (nSPS) is 11.3. The van der Waals surface area contributed by atoms with E-state index in [0.29, 0.717) is 31.2 Å². The number of nitrogens with one attached hydrogen (secondary N) is 3. The first-order valence-electron chi connectivity index (χ1n) is 9.00. The van der Waals surface area contributed by atoms with Gasteiger partial charge in [0.25, 0.3) is 5.91 Å². The number of phenols is 1. The van der Waals surface area contributed by atoms with E-state index >= 15 is 0 Å². The molecule has 4 N–H and O–H groups in total. The molecule has 0 aliphatic heterocycles. The lowest BCUT2D eigenvalue weighted by Gasteiger charge is -2.12. The first kappa shape index (κ1) is 20.3. The molecule has 0 unspecified atom stereocenters. The van der Waals surface area contributed by atoms with E-state index in [9.17, 15) is 9.90 Å². The minimum atomic E-state index is -0.180. The summed E-state index contributed by atoms with van der Waals surface area (Å²) in [5.41, 5.74) is 3.72. The Bertz CT molecular complexity index is 795. The third-order valence-corrected chi connectivity index (χ3v) is 4.23. The molecule has 1 aromatic heterocycles. The number of nitrogens with zero attached hydrogens (tertiary/aromatic N) is 3. The minimum Gasteiger partial charge on any atom is -0.508 e. The Balaban J connectivity index is 1.85. The zero-order valence-electron chi connectivity index (χ0n) is 16.3. The Labute approximate surface area is 159 Å². The van der Waals surface area contributed by atoms with E-state index in [1.165, 1.54) is 12.1 Å². The number of benzene rings is 1. The quantitative estimate of drug-likeness (QED) is 0.332. The molecule has 0 saturated carbocycles. The van der Waals surface area contributed by atoms with Crippen molar-refractivity contribution in [2.45, 2.75) is 27.3 Å². The predicted octanol–water partition coefficient (Wildman–Crippen LogP) is 1.23. The topological polar surface area (TPSA) is 104 Å². The Hall–Kier alpha value is -3.03. The number of rotatable bonds is 7. The fourth-order valence-electron chi connectivity index (χ4n) is 2.62. The van der Waals surface area contributed by atoms with Crippen LogP contribution in [0.25, 0.3) is 0 Å². The number of carbonyl (C=O) groups excluding carboxylic acids is 1. The standard InChI is InChI=1S/C19H28N6O2/c1-5-20-19(23-12-17-13(2)24-25(4)14(17)3)22-11-10-21-18(27)15-6-8-16(26)9-7-15/h6-9,26H,5,10-12H2,1-4H3,(H,21,27)(H2,20,22,23). The highest BCUT2D eigenvalue weighted by Gasteiger charge is 2.09. The molecule has 0 spiro atoms. The number of aliphatic imine (C=N–C) groups is 1. The fourth-order valence-corrected chi connectivity index (χ4v) is 2.62. The van der Waals surface area contributed by atoms with E-state index in [-0.39, 0.29) is 11.7 Å². The van der Waals surface area contributed by atoms with E-state index in [1.807, 2.05) is 32.5 Å². The Morgan fingerprint density at radius 3 is 2.41 bits per heavy atom. The van der Waals surface area contributed by atoms with Gasteiger partial charge in [-0.2, -0.15) is 5.10 Å². The molecule has 2 aromatic rings. The van der Waals surface area contributed by atoms with Gasteiger partial charge in [-0.25, -0.2) is 4.99 Å². The second-order valence-electron chi connectivity index (χ2n) is 6.20. The van der Waals surface area contributed by atoms with Crippen LogP contribution in [0.5, 0.6) is 5.75 Å². The van der Waals surface area contributed by atoms with Gasteiger partial charge in [-0.15, -0.1) is 0 Å². The van der Waals surface area contributed by atoms with Crippen LogP contribution in [-0.4, -0.2) is 46.4 Å². The maximum Gasteiger partial charge on any atom is 0.251 e. The minimum absolute atomic E-state index is 0.138. The maximum atomic E-state index is 12.0. The van der Waals surface area contributed by atoms with Gasteiger partial charge >= 0.3 is 0 Å². The van der Waals surface area contributed by atoms with E-state index in [2.05, 4.69) is 26.0 Å². The van der Waals surface area contributed by atoms with Crippen LogP contribution in [-0.2, 0) is 13.6 Å². The van der Waals surface area contributed by atoms with Crippen molar-refractivity contribution < 1.29 is 9.90 Å². The number of carbonyl (C=O) groups is 1. The second-order valence-corrected chi connectivity index (χ2v) is 6.20. The lowest BCUT2D eigenvalue weighted by Crippen LogP contribution is -2.41. The van der Waals surface area contributed by atoms with Gasteiger partial charge in [0, 0.05) is 43.5 Å². The number of hydrogen-bond acceptors (Lipinski definition) is 4. The summed E-state index contributed by atoms with van der Waals surface area (Å²) in [4.78, 5) is 16.6. The molecule has 8 nitrogen and oxygen atoms in total. The SMILES string of the molecule is CCNC(=NCc1c(C)nn(C)c1C)NCCNC(=O)c1ccc(O)cc1. The fraction of sp³-hybridized carbons (Fsp3) is 0.421. The molecule has 1 amide bonds. The van der Waals surface area contributed by atoms with E-state index < -0.39 is 0 Å². The van der Waals surface area contributed by atoms with Crippen molar-refractivity contribution in [2.75, 3.05) is 19.6 Å². The second kappa shape index (κ2) is 9.61. The lowest BCUT2D eigenvalue weighted by atomic mass is 10.2. The maximum absolute atomic E-state index is 12.0. The van der Waals surface area contributed by atoms with Crippen molar-refractivity contribution in [3.8, 4) is 5.75 Å². The van der Waals surface area contributed by atoms with E-state index in [1.54, 1.807) is 12.1 Å². The summed E-state index contributed by atoms with van der Waals surface area (Å²) in [6.45, 7) is 8.30. The number of aromatic nitrogens is 2. The molecular formula is C19H28N6O2. The molecule has 0 aliphatic carbocycles. The van der Waals surface area contributed by atoms with Gasteiger partial charge in [0.2, 0.25) is 0 Å². The summed E-state index contributed by atoms with van der Waals surface area (Å²) in [6, 6.07) is 6.15. The monoisotopic (exact) mass is 372 g/mol. The molecule has 0 atom stereocenters. The first-order chi connectivity index (χ1) is 12.9. The number of phenolic OH excluding ortho intramolecular Hbond substituents is 1. The van der Waals surface area contributed by atoms with Crippen molar-refractivity contribution >= 4 is 11.9 Å². The average Bonchev–Trinajstić information content (AvgIpc) is 2.88. The third kappa shape index (κ3) is 5.73. The molecule has 8 heteroatoms. The Morgan fingerprint density at radius 2 is 1.81 bits per heavy atom. The van der Waals surface area contributed by atoms with Crippen LogP contribution < -0.4 is 16.0 Å². The number of aryl methyl sites for hydroxylation is 2. The molecule has 1 heterocycles. The van der Waals surface area contributed by atoms with Crippen molar-refractivity contribution in [3.05, 3.63) is 46.8 Å². The molecule has 0 bridgehead atoms. The Morgan fingerprint density at radius 1 is 1.15 bits per heavy atom. The van der Waals surface area contributed by atoms with Crippen LogP contribution in [0.15, 0.2) is 29.3 Å². The van der Waals surface area contributed by atoms with Crippen LogP contribution in [0.1, 0.15) is 34.2 Å². The third-order valence-electron chi connectivity index (χ3n) is 4.23. The van der Waals surface area contributed by atoms with Gasteiger partial charge in [0.05, 0.1) is 12.2 Å². The van der Waals surface area contributed by atoms with Crippen molar-refractivity contribution in [3.63, 3.8) is 0 Å². The van der Waals surface area contributed by atoms with Crippen molar-refractivity contribution in [1.82, 2.24) is 25.7 Å². The van der Waals surface area contributed by atoms with Crippen LogP contribution in [0, 0.1) is 13.8 Å². The number of aromatic hydroxyl groups is 1. The Kier molecular flexibility index (Phi) is 7.22. The summed E-state index contributed by atoms with van der Waals surface area (Å²) in [7, 11) is 1.93. The van der Waals surface area contributed by atoms with E-state index in [4.69, 9.17) is 0 Å². The molecular weight excluding hydrogens is 344 g/mol. The summed E-state index contributed by atoms with van der Waals surface area (Å²) in [5.74, 6) is 0.651. The van der Waals surface area contributed by atoms with Gasteiger partial charge in [-0.3, -0.25) is 9.48 Å². The van der Waals surface area contributed by atoms with Gasteiger partial charge in [-0.1, -0.05) is 0 Å². The van der Waals surface area contributed by atoms with Gasteiger partial charge in [-0.05, 0) is 45.0 Å². The zero-order chi connectivity index (χ0) is 19.8. The largest absolute Gasteiger partial charge is 0.508 e. The number of hydrogen-bond donors (Lipinski definition) is 4. The highest BCUT2D eigenvalue weighted by Crippen LogP contribution is 2.12. The predicted molar refractivity (Wildman–Crippen MR) is 106 cm³/mol. The van der Waals surface area contributed by atoms with Crippen LogP contribution in [0.4, 0.5) is 0 Å². The summed E-state index contributed by atoms with van der Waals surface area (Å²) >= 11 is 0. The molecule has 2 rings (SSSR count). The summed E-state index contributed by atoms with van der Waals surface area (Å²) in [6.07, 6.45) is 0. The lowest BCUT2D eigenvalue weighted by molar-refractivity contribution is 0.0954. The molecule has 0 radical (unpaired) electrons. The molecule has 27 heavy (non-hydrogen) atoms. The van der Waals surface area contributed by atoms with E-state index in [0.717, 1.165) is 23.5 Å². The van der Waals surface area contributed by atoms with Crippen LogP contribution in [0.3, 0.4) is 0 Å². The molecule has 0 saturated heterocycles. The van der Waals surface area contributed by atoms with Gasteiger partial charge in [0.1, 0.15) is 5.75 Å². The summed E-state index contributed by atoms with van der Waals surface area (Å²) in [5, 5.41) is 22.9. The highest BCUT2D eigenvalue weighted by atomic mass is 16.3. The van der Waals surface area contributed by atoms with Gasteiger partial charge < -0.3 is 21.1 Å². The zero-order valence-corrected chi connectivity index (χ0v) is 16.3. The smallest absolute Gasteiger partial charge is 0.251 e. The molecule has 146 valence electrons. The highest BCUT2D eigenvalue weighted by molar-refractivity contribution is 5.94. The van der Waals surface area contributed by atoms with Gasteiger partial charge in [0.15, 0.2) is 5.96 Å². The molecule has 0 fully saturated rings. The average molecular weight is 372 g/mol. The van der Waals surface area contributed by atoms with Crippen molar-refractivity contribution in [2.24, 2.45) is 12.0 Å². The van der Waals surface area contributed by atoms with Crippen LogP contribution >= 0.6 is 0 Å². The number of guanidine groups is 1. The first-order valence-corrected chi connectivity index (χ1v) is 9.00. The molecule has 0 aliphatic rings. The van der Waals surface area contributed by atoms with Crippen LogP contribution in [0.2, 0.25) is 0 Å². The molecule has 1 aromatic carbocycles. The van der Waals surface area contributed by atoms with Crippen molar-refractivity contribution in [1.29, 1.82) is 0 Å². The number of amides is 1.